The summed E-state index contributed by atoms with van der Waals surface area (Å²) in [5.41, 5.74) is 0.313. The first-order valence-electron chi connectivity index (χ1n) is 5.00. The Morgan fingerprint density at radius 2 is 2.15 bits per heavy atom. The Labute approximate surface area is 87.2 Å². The normalized spacial score (nSPS) is 32.1. The summed E-state index contributed by atoms with van der Waals surface area (Å²) >= 11 is 3.39. The summed E-state index contributed by atoms with van der Waals surface area (Å²) in [6.07, 6.45) is 6.90. The predicted octanol–water partition coefficient (Wildman–Crippen LogP) is 2.65. The van der Waals surface area contributed by atoms with E-state index in [9.17, 15) is 4.79 Å². The number of ether oxygens (including phenoxy) is 1. The molecule has 0 aromatic heterocycles. The second-order valence-electron chi connectivity index (χ2n) is 4.35. The first-order valence-corrected chi connectivity index (χ1v) is 6.12. The van der Waals surface area contributed by atoms with E-state index in [-0.39, 0.29) is 12.1 Å². The fraction of sp³-hybridized carbons (Fsp3) is 0.900. The number of carbonyl (C=O) groups is 1. The summed E-state index contributed by atoms with van der Waals surface area (Å²) in [4.78, 5) is 11.4. The van der Waals surface area contributed by atoms with Crippen molar-refractivity contribution >= 4 is 21.9 Å². The summed E-state index contributed by atoms with van der Waals surface area (Å²) in [5, 5.41) is 0.792. The lowest BCUT2D eigenvalue weighted by atomic mass is 9.76. The molecule has 0 aromatic carbocycles. The van der Waals surface area contributed by atoms with E-state index < -0.39 is 0 Å². The van der Waals surface area contributed by atoms with Crippen LogP contribution in [-0.2, 0) is 9.53 Å². The van der Waals surface area contributed by atoms with Crippen LogP contribution in [0.5, 0.6) is 0 Å². The quantitative estimate of drug-likeness (QED) is 0.526. The van der Waals surface area contributed by atoms with E-state index >= 15 is 0 Å². The molecule has 1 atom stereocenters. The van der Waals surface area contributed by atoms with Crippen LogP contribution in [0.1, 0.15) is 38.5 Å². The van der Waals surface area contributed by atoms with E-state index in [4.69, 9.17) is 4.74 Å². The summed E-state index contributed by atoms with van der Waals surface area (Å²) in [7, 11) is 0. The number of esters is 1. The van der Waals surface area contributed by atoms with Crippen LogP contribution in [-0.4, -0.2) is 17.4 Å². The highest BCUT2D eigenvalue weighted by atomic mass is 79.9. The molecule has 2 rings (SSSR count). The SMILES string of the molecule is O=C1CC2(CCCC2)C[C@H](CBr)O1. The Morgan fingerprint density at radius 1 is 1.46 bits per heavy atom. The maximum atomic E-state index is 11.4. The molecule has 3 heteroatoms. The molecule has 74 valence electrons. The van der Waals surface area contributed by atoms with E-state index in [2.05, 4.69) is 15.9 Å². The summed E-state index contributed by atoms with van der Waals surface area (Å²) < 4.78 is 5.24. The third-order valence-corrected chi connectivity index (χ3v) is 4.04. The van der Waals surface area contributed by atoms with Gasteiger partial charge < -0.3 is 4.74 Å². The summed E-state index contributed by atoms with van der Waals surface area (Å²) in [5.74, 6) is 0.0117. The number of halogens is 1. The van der Waals surface area contributed by atoms with Crippen molar-refractivity contribution < 1.29 is 9.53 Å². The molecule has 13 heavy (non-hydrogen) atoms. The van der Waals surface area contributed by atoms with Crippen molar-refractivity contribution in [2.45, 2.75) is 44.6 Å². The van der Waals surface area contributed by atoms with Crippen LogP contribution in [0.2, 0.25) is 0 Å². The van der Waals surface area contributed by atoms with Crippen molar-refractivity contribution in [2.24, 2.45) is 5.41 Å². The van der Waals surface area contributed by atoms with Crippen molar-refractivity contribution in [3.05, 3.63) is 0 Å². The van der Waals surface area contributed by atoms with E-state index in [1.807, 2.05) is 0 Å². The van der Waals surface area contributed by atoms with Crippen LogP contribution in [0.25, 0.3) is 0 Å². The maximum absolute atomic E-state index is 11.4. The second-order valence-corrected chi connectivity index (χ2v) is 5.00. The molecule has 0 radical (unpaired) electrons. The molecule has 0 aromatic rings. The zero-order chi connectivity index (χ0) is 9.31. The third kappa shape index (κ3) is 1.90. The fourth-order valence-corrected chi connectivity index (χ4v) is 3.08. The van der Waals surface area contributed by atoms with E-state index in [1.165, 1.54) is 25.7 Å². The van der Waals surface area contributed by atoms with E-state index in [1.54, 1.807) is 0 Å². The molecule has 1 saturated heterocycles. The largest absolute Gasteiger partial charge is 0.461 e. The molecule has 0 bridgehead atoms. The van der Waals surface area contributed by atoms with Gasteiger partial charge in [0.1, 0.15) is 6.10 Å². The van der Waals surface area contributed by atoms with Gasteiger partial charge in [-0.3, -0.25) is 4.79 Å². The molecule has 1 heterocycles. The average molecular weight is 247 g/mol. The average Bonchev–Trinajstić information content (AvgIpc) is 2.51. The van der Waals surface area contributed by atoms with E-state index in [0.29, 0.717) is 11.8 Å². The topological polar surface area (TPSA) is 26.3 Å². The van der Waals surface area contributed by atoms with Crippen LogP contribution in [0.15, 0.2) is 0 Å². The number of rotatable bonds is 1. The van der Waals surface area contributed by atoms with Gasteiger partial charge in [-0.1, -0.05) is 28.8 Å². The minimum atomic E-state index is 0.0117. The van der Waals surface area contributed by atoms with Gasteiger partial charge >= 0.3 is 5.97 Å². The smallest absolute Gasteiger partial charge is 0.306 e. The lowest BCUT2D eigenvalue weighted by Gasteiger charge is -2.36. The lowest BCUT2D eigenvalue weighted by Crippen LogP contribution is -2.37. The molecule has 0 amide bonds. The molecule has 2 aliphatic rings. The minimum Gasteiger partial charge on any atom is -0.461 e. The highest BCUT2D eigenvalue weighted by molar-refractivity contribution is 9.09. The van der Waals surface area contributed by atoms with Crippen LogP contribution in [0, 0.1) is 5.41 Å². The van der Waals surface area contributed by atoms with Gasteiger partial charge in [0, 0.05) is 5.33 Å². The number of hydrogen-bond acceptors (Lipinski definition) is 2. The predicted molar refractivity (Wildman–Crippen MR) is 53.8 cm³/mol. The zero-order valence-electron chi connectivity index (χ0n) is 7.72. The van der Waals surface area contributed by atoms with Gasteiger partial charge in [-0.25, -0.2) is 0 Å². The Hall–Kier alpha value is -0.0500. The number of alkyl halides is 1. The van der Waals surface area contributed by atoms with Gasteiger partial charge in [0.15, 0.2) is 0 Å². The van der Waals surface area contributed by atoms with Crippen LogP contribution in [0.3, 0.4) is 0 Å². The van der Waals surface area contributed by atoms with Gasteiger partial charge in [-0.15, -0.1) is 0 Å². The first kappa shape index (κ1) is 9.50. The highest BCUT2D eigenvalue weighted by Crippen LogP contribution is 2.47. The maximum Gasteiger partial charge on any atom is 0.306 e. The molecular weight excluding hydrogens is 232 g/mol. The molecule has 2 fully saturated rings. The Morgan fingerprint density at radius 3 is 2.77 bits per heavy atom. The minimum absolute atomic E-state index is 0.0117. The van der Waals surface area contributed by atoms with Gasteiger partial charge in [-0.05, 0) is 24.7 Å². The van der Waals surface area contributed by atoms with Crippen LogP contribution in [0.4, 0.5) is 0 Å². The third-order valence-electron chi connectivity index (χ3n) is 3.31. The Kier molecular flexibility index (Phi) is 2.63. The van der Waals surface area contributed by atoms with Gasteiger partial charge in [0.05, 0.1) is 6.42 Å². The Bertz CT molecular complexity index is 209. The molecule has 1 aliphatic carbocycles. The molecule has 0 unspecified atom stereocenters. The van der Waals surface area contributed by atoms with Crippen LogP contribution < -0.4 is 0 Å². The standard InChI is InChI=1S/C10H15BrO2/c11-7-8-5-10(3-1-2-4-10)6-9(12)13-8/h8H,1-7H2/t8-/m1/s1. The molecule has 0 N–H and O–H groups in total. The van der Waals surface area contributed by atoms with Crippen molar-refractivity contribution in [2.75, 3.05) is 5.33 Å². The zero-order valence-corrected chi connectivity index (χ0v) is 9.31. The van der Waals surface area contributed by atoms with Crippen molar-refractivity contribution in [3.63, 3.8) is 0 Å². The molecule has 1 aliphatic heterocycles. The fourth-order valence-electron chi connectivity index (χ4n) is 2.72. The van der Waals surface area contributed by atoms with Crippen molar-refractivity contribution in [1.29, 1.82) is 0 Å². The lowest BCUT2D eigenvalue weighted by molar-refractivity contribution is -0.160. The van der Waals surface area contributed by atoms with Gasteiger partial charge in [0.2, 0.25) is 0 Å². The number of cyclic esters (lactones) is 1. The van der Waals surface area contributed by atoms with Gasteiger partial charge in [0.25, 0.3) is 0 Å². The van der Waals surface area contributed by atoms with Crippen LogP contribution >= 0.6 is 15.9 Å². The molecule has 2 nitrogen and oxygen atoms in total. The highest BCUT2D eigenvalue weighted by Gasteiger charge is 2.42. The van der Waals surface area contributed by atoms with Gasteiger partial charge in [-0.2, -0.15) is 0 Å². The molecule has 1 spiro atoms. The number of carbonyl (C=O) groups excluding carboxylic acids is 1. The summed E-state index contributed by atoms with van der Waals surface area (Å²) in [6.45, 7) is 0. The molecular formula is C10H15BrO2. The monoisotopic (exact) mass is 246 g/mol. The first-order chi connectivity index (χ1) is 6.24. The molecule has 1 saturated carbocycles. The second kappa shape index (κ2) is 3.60. The van der Waals surface area contributed by atoms with Crippen molar-refractivity contribution in [3.8, 4) is 0 Å². The van der Waals surface area contributed by atoms with Crippen molar-refractivity contribution in [1.82, 2.24) is 0 Å². The summed E-state index contributed by atoms with van der Waals surface area (Å²) in [6, 6.07) is 0. The van der Waals surface area contributed by atoms with E-state index in [0.717, 1.165) is 11.8 Å². The Balaban J connectivity index is 2.07. The number of hydrogen-bond donors (Lipinski definition) is 0.